The van der Waals surface area contributed by atoms with Crippen molar-refractivity contribution < 1.29 is 14.0 Å². The lowest BCUT2D eigenvalue weighted by Crippen LogP contribution is -2.52. The Kier molecular flexibility index (Phi) is 4.54. The second kappa shape index (κ2) is 7.27. The molecule has 0 bridgehead atoms. The fourth-order valence-corrected chi connectivity index (χ4v) is 4.65. The molecule has 1 fully saturated rings. The van der Waals surface area contributed by atoms with Gasteiger partial charge in [-0.05, 0) is 60.9 Å². The van der Waals surface area contributed by atoms with Crippen molar-refractivity contribution in [3.63, 3.8) is 0 Å². The Bertz CT molecular complexity index is 1200. The summed E-state index contributed by atoms with van der Waals surface area (Å²) in [4.78, 5) is 31.9. The monoisotopic (exact) mass is 416 g/mol. The summed E-state index contributed by atoms with van der Waals surface area (Å²) in [5.41, 5.74) is 3.08. The summed E-state index contributed by atoms with van der Waals surface area (Å²) >= 11 is 0. The molecule has 0 saturated carbocycles. The predicted octanol–water partition coefficient (Wildman–Crippen LogP) is 3.47. The number of likely N-dealkylation sites (tertiary alicyclic amines) is 1. The molecule has 5 rings (SSSR count). The molecule has 2 aliphatic rings. The number of nitrogens with zero attached hydrogens (tertiary/aromatic N) is 4. The number of Topliss-reactive ketones (excluding diaryl/α,β-unsaturated/α-hetero) is 1. The van der Waals surface area contributed by atoms with Gasteiger partial charge in [0.05, 0.1) is 23.0 Å². The highest BCUT2D eigenvalue weighted by Crippen LogP contribution is 2.46. The number of piperidine rings is 1. The smallest absolute Gasteiger partial charge is 0.219 e. The number of aromatic nitrogens is 3. The molecule has 0 radical (unpaired) electrons. The van der Waals surface area contributed by atoms with E-state index in [0.717, 1.165) is 22.5 Å². The number of benzene rings is 1. The average Bonchev–Trinajstić information content (AvgIpc) is 3.20. The minimum atomic E-state index is -0.859. The van der Waals surface area contributed by atoms with E-state index in [-0.39, 0.29) is 17.5 Å². The molecule has 1 saturated heterocycles. The van der Waals surface area contributed by atoms with E-state index in [1.54, 1.807) is 52.3 Å². The highest BCUT2D eigenvalue weighted by atomic mass is 19.1. The predicted molar refractivity (Wildman–Crippen MR) is 113 cm³/mol. The van der Waals surface area contributed by atoms with Gasteiger partial charge in [-0.3, -0.25) is 14.6 Å². The summed E-state index contributed by atoms with van der Waals surface area (Å²) in [6.07, 6.45) is 6.43. The lowest BCUT2D eigenvalue weighted by atomic mass is 9.65. The molecular formula is C24H21FN4O2. The van der Waals surface area contributed by atoms with Gasteiger partial charge >= 0.3 is 0 Å². The van der Waals surface area contributed by atoms with Gasteiger partial charge in [0.25, 0.3) is 0 Å². The first-order valence-electron chi connectivity index (χ1n) is 10.2. The van der Waals surface area contributed by atoms with Crippen LogP contribution < -0.4 is 0 Å². The number of rotatable bonds is 3. The molecule has 3 heterocycles. The van der Waals surface area contributed by atoms with Crippen LogP contribution in [0.2, 0.25) is 0 Å². The number of carbonyl (C=O) groups excluding carboxylic acids is 2. The average molecular weight is 416 g/mol. The van der Waals surface area contributed by atoms with E-state index in [4.69, 9.17) is 0 Å². The van der Waals surface area contributed by atoms with Crippen LogP contribution >= 0.6 is 0 Å². The normalized spacial score (nSPS) is 19.9. The molecule has 1 atom stereocenters. The second-order valence-electron chi connectivity index (χ2n) is 8.11. The van der Waals surface area contributed by atoms with Gasteiger partial charge in [0.1, 0.15) is 11.5 Å². The molecule has 1 aliphatic carbocycles. The van der Waals surface area contributed by atoms with E-state index < -0.39 is 5.41 Å². The third-order valence-corrected chi connectivity index (χ3v) is 6.26. The lowest BCUT2D eigenvalue weighted by molar-refractivity contribution is -0.130. The summed E-state index contributed by atoms with van der Waals surface area (Å²) in [7, 11) is 0. The molecule has 156 valence electrons. The van der Waals surface area contributed by atoms with Crippen molar-refractivity contribution in [2.45, 2.75) is 19.8 Å². The van der Waals surface area contributed by atoms with Crippen LogP contribution in [0.15, 0.2) is 60.4 Å². The first kappa shape index (κ1) is 19.4. The Morgan fingerprint density at radius 3 is 2.65 bits per heavy atom. The molecule has 6 nitrogen and oxygen atoms in total. The fraction of sp³-hybridized carbons (Fsp3) is 0.250. The fourth-order valence-electron chi connectivity index (χ4n) is 4.65. The first-order chi connectivity index (χ1) is 15.0. The topological polar surface area (TPSA) is 68.1 Å². The van der Waals surface area contributed by atoms with Gasteiger partial charge in [-0.25, -0.2) is 9.07 Å². The maximum Gasteiger partial charge on any atom is 0.219 e. The van der Waals surface area contributed by atoms with Gasteiger partial charge in [-0.15, -0.1) is 0 Å². The quantitative estimate of drug-likeness (QED) is 0.613. The van der Waals surface area contributed by atoms with E-state index in [9.17, 15) is 14.0 Å². The molecule has 31 heavy (non-hydrogen) atoms. The molecule has 7 heteroatoms. The van der Waals surface area contributed by atoms with E-state index >= 15 is 0 Å². The van der Waals surface area contributed by atoms with Gasteiger partial charge in [-0.2, -0.15) is 5.10 Å². The Morgan fingerprint density at radius 1 is 1.13 bits per heavy atom. The van der Waals surface area contributed by atoms with Crippen LogP contribution in [-0.2, 0) is 11.2 Å². The Balaban J connectivity index is 1.62. The number of ketones is 1. The van der Waals surface area contributed by atoms with Crippen molar-refractivity contribution in [2.24, 2.45) is 5.41 Å². The van der Waals surface area contributed by atoms with Crippen molar-refractivity contribution in [3.05, 3.63) is 83.2 Å². The summed E-state index contributed by atoms with van der Waals surface area (Å²) in [5, 5.41) is 4.52. The Hall–Kier alpha value is -3.61. The van der Waals surface area contributed by atoms with Crippen molar-refractivity contribution in [1.82, 2.24) is 19.7 Å². The number of halogens is 1. The first-order valence-corrected chi connectivity index (χ1v) is 10.2. The third-order valence-electron chi connectivity index (χ3n) is 6.26. The SMILES string of the molecule is CC(=O)N1CCC2=Cc3c(cnn3-c3ccc(F)cc3)C[C@]2(C(=O)c2ccccn2)C1. The molecule has 0 N–H and O–H groups in total. The van der Waals surface area contributed by atoms with Gasteiger partial charge in [0.2, 0.25) is 5.91 Å². The van der Waals surface area contributed by atoms with Crippen LogP contribution in [0.3, 0.4) is 0 Å². The largest absolute Gasteiger partial charge is 0.341 e. The van der Waals surface area contributed by atoms with Gasteiger partial charge < -0.3 is 4.90 Å². The van der Waals surface area contributed by atoms with Gasteiger partial charge in [0.15, 0.2) is 5.78 Å². The molecule has 0 unspecified atom stereocenters. The van der Waals surface area contributed by atoms with Gasteiger partial charge in [-0.1, -0.05) is 11.6 Å². The number of pyridine rings is 1. The minimum absolute atomic E-state index is 0.0416. The van der Waals surface area contributed by atoms with E-state index in [0.29, 0.717) is 31.6 Å². The van der Waals surface area contributed by atoms with Crippen LogP contribution in [0, 0.1) is 11.2 Å². The Labute approximate surface area is 179 Å². The van der Waals surface area contributed by atoms with Crippen molar-refractivity contribution in [2.75, 3.05) is 13.1 Å². The number of hydrogen-bond acceptors (Lipinski definition) is 4. The molecule has 0 spiro atoms. The minimum Gasteiger partial charge on any atom is -0.341 e. The van der Waals surface area contributed by atoms with E-state index in [1.165, 1.54) is 19.1 Å². The summed E-state index contributed by atoms with van der Waals surface area (Å²) < 4.78 is 15.1. The van der Waals surface area contributed by atoms with Crippen LogP contribution in [0.5, 0.6) is 0 Å². The summed E-state index contributed by atoms with van der Waals surface area (Å²) in [6, 6.07) is 11.5. The Morgan fingerprint density at radius 2 is 1.94 bits per heavy atom. The third kappa shape index (κ3) is 3.17. The van der Waals surface area contributed by atoms with Crippen LogP contribution in [0.25, 0.3) is 11.8 Å². The molecule has 1 aliphatic heterocycles. The lowest BCUT2D eigenvalue weighted by Gasteiger charge is -2.45. The number of amides is 1. The maximum atomic E-state index is 13.7. The molecule has 2 aromatic heterocycles. The molecule has 1 amide bonds. The number of fused-ring (bicyclic) bond motifs is 2. The van der Waals surface area contributed by atoms with Gasteiger partial charge in [0, 0.05) is 26.2 Å². The van der Waals surface area contributed by atoms with E-state index in [2.05, 4.69) is 10.1 Å². The van der Waals surface area contributed by atoms with E-state index in [1.807, 2.05) is 6.08 Å². The van der Waals surface area contributed by atoms with Crippen LogP contribution in [0.4, 0.5) is 4.39 Å². The van der Waals surface area contributed by atoms with Crippen molar-refractivity contribution in [3.8, 4) is 5.69 Å². The van der Waals surface area contributed by atoms with Crippen LogP contribution in [-0.4, -0.2) is 44.4 Å². The maximum absolute atomic E-state index is 13.7. The van der Waals surface area contributed by atoms with Crippen molar-refractivity contribution in [1.29, 1.82) is 0 Å². The highest BCUT2D eigenvalue weighted by molar-refractivity contribution is 6.03. The zero-order valence-electron chi connectivity index (χ0n) is 17.1. The summed E-state index contributed by atoms with van der Waals surface area (Å²) in [5.74, 6) is -0.426. The zero-order valence-corrected chi connectivity index (χ0v) is 17.1. The molecular weight excluding hydrogens is 395 g/mol. The van der Waals surface area contributed by atoms with Crippen molar-refractivity contribution >= 4 is 17.8 Å². The highest BCUT2D eigenvalue weighted by Gasteiger charge is 2.49. The number of hydrogen-bond donors (Lipinski definition) is 0. The molecule has 3 aromatic rings. The van der Waals surface area contributed by atoms with Crippen LogP contribution in [0.1, 0.15) is 35.1 Å². The standard InChI is InChI=1S/C24H21FN4O2/c1-16(30)28-11-9-18-12-22-17(14-27-29(22)20-7-5-19(25)6-8-20)13-24(18,15-28)23(31)21-4-2-3-10-26-21/h2-8,10,12,14H,9,11,13,15H2,1H3/t24-/m0/s1. The second-order valence-corrected chi connectivity index (χ2v) is 8.11. The number of carbonyl (C=O) groups is 2. The summed E-state index contributed by atoms with van der Waals surface area (Å²) in [6.45, 7) is 2.43. The zero-order chi connectivity index (χ0) is 21.6. The molecule has 1 aromatic carbocycles.